The van der Waals surface area contributed by atoms with E-state index in [1.807, 2.05) is 18.2 Å². The average Bonchev–Trinajstić information content (AvgIpc) is 2.62. The van der Waals surface area contributed by atoms with Crippen molar-refractivity contribution in [2.75, 3.05) is 32.7 Å². The van der Waals surface area contributed by atoms with Crippen LogP contribution in [0.3, 0.4) is 0 Å². The summed E-state index contributed by atoms with van der Waals surface area (Å²) in [5.41, 5.74) is 1.21. The van der Waals surface area contributed by atoms with Crippen LogP contribution in [0.25, 0.3) is 0 Å². The van der Waals surface area contributed by atoms with E-state index in [9.17, 15) is 13.2 Å². The van der Waals surface area contributed by atoms with Crippen LogP contribution in [0.4, 0.5) is 0 Å². The lowest BCUT2D eigenvalue weighted by molar-refractivity contribution is -0.139. The molecule has 0 aromatic heterocycles. The Kier molecular flexibility index (Phi) is 5.73. The van der Waals surface area contributed by atoms with Gasteiger partial charge in [-0.1, -0.05) is 36.8 Å². The monoisotopic (exact) mass is 366 g/mol. The molecule has 0 spiro atoms. The Morgan fingerprint density at radius 2 is 1.72 bits per heavy atom. The van der Waals surface area contributed by atoms with Crippen molar-refractivity contribution in [3.05, 3.63) is 35.9 Å². The summed E-state index contributed by atoms with van der Waals surface area (Å²) in [7, 11) is -3.67. The van der Waals surface area contributed by atoms with Gasteiger partial charge in [-0.15, -0.1) is 0 Å². The van der Waals surface area contributed by atoms with Crippen LogP contribution in [-0.4, -0.2) is 67.2 Å². The van der Waals surface area contributed by atoms with Gasteiger partial charge < -0.3 is 4.90 Å². The van der Waals surface area contributed by atoms with E-state index in [1.54, 1.807) is 4.90 Å². The van der Waals surface area contributed by atoms with E-state index >= 15 is 0 Å². The summed E-state index contributed by atoms with van der Waals surface area (Å²) in [5.74, 6) is 0.115. The van der Waals surface area contributed by atoms with E-state index in [0.29, 0.717) is 13.1 Å². The van der Waals surface area contributed by atoms with E-state index < -0.39 is 10.2 Å². The predicted molar refractivity (Wildman–Crippen MR) is 95.8 cm³/mol. The molecule has 0 radical (unpaired) electrons. The molecule has 2 aliphatic rings. The molecule has 2 N–H and O–H groups in total. The summed E-state index contributed by atoms with van der Waals surface area (Å²) in [4.78, 5) is 17.0. The number of piperazine rings is 1. The third kappa shape index (κ3) is 4.58. The Morgan fingerprint density at radius 1 is 1.04 bits per heavy atom. The highest BCUT2D eigenvalue weighted by Gasteiger charge is 2.34. The van der Waals surface area contributed by atoms with Crippen molar-refractivity contribution in [3.63, 3.8) is 0 Å². The molecule has 1 aromatic carbocycles. The lowest BCUT2D eigenvalue weighted by atomic mass is 9.99. The Labute approximate surface area is 149 Å². The van der Waals surface area contributed by atoms with E-state index in [0.717, 1.165) is 32.4 Å². The second-order valence-electron chi connectivity index (χ2n) is 6.74. The van der Waals surface area contributed by atoms with Crippen LogP contribution in [0, 0.1) is 0 Å². The molecular weight excluding hydrogens is 340 g/mol. The minimum Gasteiger partial charge on any atom is -0.339 e. The second-order valence-corrected chi connectivity index (χ2v) is 8.28. The fraction of sp³-hybridized carbons (Fsp3) is 0.588. The van der Waals surface area contributed by atoms with Gasteiger partial charge in [0.2, 0.25) is 5.91 Å². The van der Waals surface area contributed by atoms with Crippen molar-refractivity contribution in [3.8, 4) is 0 Å². The number of nitrogens with two attached hydrogens (primary N) is 1. The molecule has 2 aliphatic heterocycles. The minimum absolute atomic E-state index is 0.115. The third-order valence-corrected chi connectivity index (χ3v) is 6.12. The number of carbonyl (C=O) groups is 1. The summed E-state index contributed by atoms with van der Waals surface area (Å²) >= 11 is 0. The van der Waals surface area contributed by atoms with Crippen LogP contribution in [-0.2, 0) is 21.5 Å². The number of piperidine rings is 1. The van der Waals surface area contributed by atoms with Gasteiger partial charge in [0, 0.05) is 32.7 Å². The van der Waals surface area contributed by atoms with Crippen LogP contribution in [0.1, 0.15) is 24.8 Å². The number of rotatable bonds is 4. The normalized spacial score (nSPS) is 23.6. The fourth-order valence-electron chi connectivity index (χ4n) is 3.65. The number of benzene rings is 1. The summed E-state index contributed by atoms with van der Waals surface area (Å²) in [5, 5.41) is 5.17. The van der Waals surface area contributed by atoms with E-state index in [4.69, 9.17) is 5.14 Å². The molecular formula is C17H26N4O3S. The smallest absolute Gasteiger partial charge is 0.277 e. The van der Waals surface area contributed by atoms with E-state index in [1.165, 1.54) is 9.87 Å². The molecule has 0 saturated carbocycles. The maximum atomic E-state index is 13.0. The van der Waals surface area contributed by atoms with Crippen molar-refractivity contribution in [1.82, 2.24) is 14.1 Å². The van der Waals surface area contributed by atoms with Gasteiger partial charge in [0.05, 0.1) is 6.04 Å². The molecule has 0 bridgehead atoms. The Bertz CT molecular complexity index is 687. The molecule has 7 nitrogen and oxygen atoms in total. The van der Waals surface area contributed by atoms with Gasteiger partial charge in [0.15, 0.2) is 0 Å². The summed E-state index contributed by atoms with van der Waals surface area (Å²) < 4.78 is 24.1. The third-order valence-electron chi connectivity index (χ3n) is 5.04. The standard InChI is InChI=1S/C17H26N4O3S/c18-25(23,24)21-12-10-19(11-13-21)17(22)16-8-4-5-9-20(16)14-15-6-2-1-3-7-15/h1-3,6-7,16H,4-5,8-14H2,(H2,18,23,24)/t16-/m0/s1. The minimum atomic E-state index is -3.67. The second kappa shape index (κ2) is 7.82. The number of amides is 1. The van der Waals surface area contributed by atoms with Gasteiger partial charge in [-0.05, 0) is 24.9 Å². The molecule has 0 aliphatic carbocycles. The zero-order valence-corrected chi connectivity index (χ0v) is 15.2. The molecule has 0 unspecified atom stereocenters. The van der Waals surface area contributed by atoms with Gasteiger partial charge in [-0.2, -0.15) is 12.7 Å². The first-order valence-corrected chi connectivity index (χ1v) is 10.3. The maximum absolute atomic E-state index is 13.0. The number of likely N-dealkylation sites (tertiary alicyclic amines) is 1. The SMILES string of the molecule is NS(=O)(=O)N1CCN(C(=O)[C@@H]2CCCCN2Cc2ccccc2)CC1. The summed E-state index contributed by atoms with van der Waals surface area (Å²) in [6.07, 6.45) is 3.02. The largest absolute Gasteiger partial charge is 0.339 e. The van der Waals surface area contributed by atoms with Crippen LogP contribution in [0.15, 0.2) is 30.3 Å². The van der Waals surface area contributed by atoms with Crippen LogP contribution in [0.2, 0.25) is 0 Å². The lowest BCUT2D eigenvalue weighted by Crippen LogP contribution is -2.57. The first-order valence-electron chi connectivity index (χ1n) is 8.80. The Balaban J connectivity index is 1.63. The van der Waals surface area contributed by atoms with E-state index in [2.05, 4.69) is 17.0 Å². The molecule has 25 heavy (non-hydrogen) atoms. The molecule has 2 saturated heterocycles. The number of nitrogens with zero attached hydrogens (tertiary/aromatic N) is 3. The van der Waals surface area contributed by atoms with Gasteiger partial charge in [-0.25, -0.2) is 5.14 Å². The fourth-order valence-corrected chi connectivity index (χ4v) is 4.32. The Morgan fingerprint density at radius 3 is 2.36 bits per heavy atom. The van der Waals surface area contributed by atoms with Crippen molar-refractivity contribution in [2.45, 2.75) is 31.8 Å². The van der Waals surface area contributed by atoms with Gasteiger partial charge >= 0.3 is 0 Å². The molecule has 138 valence electrons. The average molecular weight is 366 g/mol. The summed E-state index contributed by atoms with van der Waals surface area (Å²) in [6, 6.07) is 10.1. The maximum Gasteiger partial charge on any atom is 0.277 e. The van der Waals surface area contributed by atoms with Crippen LogP contribution >= 0.6 is 0 Å². The number of hydrogen-bond acceptors (Lipinski definition) is 4. The highest BCUT2D eigenvalue weighted by molar-refractivity contribution is 7.86. The lowest BCUT2D eigenvalue weighted by Gasteiger charge is -2.40. The van der Waals surface area contributed by atoms with E-state index in [-0.39, 0.29) is 25.0 Å². The molecule has 1 amide bonds. The quantitative estimate of drug-likeness (QED) is 0.835. The highest BCUT2D eigenvalue weighted by atomic mass is 32.2. The van der Waals surface area contributed by atoms with Crippen LogP contribution < -0.4 is 5.14 Å². The Hall–Kier alpha value is -1.48. The molecule has 1 aromatic rings. The van der Waals surface area contributed by atoms with Crippen molar-refractivity contribution >= 4 is 16.1 Å². The molecule has 8 heteroatoms. The van der Waals surface area contributed by atoms with Crippen molar-refractivity contribution < 1.29 is 13.2 Å². The number of hydrogen-bond donors (Lipinski definition) is 1. The predicted octanol–water partition coefficient (Wildman–Crippen LogP) is 0.389. The van der Waals surface area contributed by atoms with Crippen molar-refractivity contribution in [2.24, 2.45) is 5.14 Å². The van der Waals surface area contributed by atoms with Crippen molar-refractivity contribution in [1.29, 1.82) is 0 Å². The first-order chi connectivity index (χ1) is 11.9. The molecule has 1 atom stereocenters. The van der Waals surface area contributed by atoms with Gasteiger partial charge in [0.25, 0.3) is 10.2 Å². The topological polar surface area (TPSA) is 87.0 Å². The first kappa shape index (κ1) is 18.3. The van der Waals surface area contributed by atoms with Gasteiger partial charge in [-0.3, -0.25) is 9.69 Å². The zero-order chi connectivity index (χ0) is 17.9. The van der Waals surface area contributed by atoms with Gasteiger partial charge in [0.1, 0.15) is 0 Å². The molecule has 2 heterocycles. The highest BCUT2D eigenvalue weighted by Crippen LogP contribution is 2.22. The molecule has 3 rings (SSSR count). The molecule has 2 fully saturated rings. The van der Waals surface area contributed by atoms with Crippen LogP contribution in [0.5, 0.6) is 0 Å². The zero-order valence-electron chi connectivity index (χ0n) is 14.4. The number of carbonyl (C=O) groups excluding carboxylic acids is 1. The summed E-state index contributed by atoms with van der Waals surface area (Å²) in [6.45, 7) is 3.05.